The van der Waals surface area contributed by atoms with Gasteiger partial charge in [-0.1, -0.05) is 42.5 Å². The predicted molar refractivity (Wildman–Crippen MR) is 85.0 cm³/mol. The van der Waals surface area contributed by atoms with E-state index in [0.29, 0.717) is 12.5 Å². The number of anilines is 1. The van der Waals surface area contributed by atoms with Crippen molar-refractivity contribution < 1.29 is 4.79 Å². The summed E-state index contributed by atoms with van der Waals surface area (Å²) < 4.78 is 0. The van der Waals surface area contributed by atoms with Gasteiger partial charge < -0.3 is 10.6 Å². The third-order valence-corrected chi connectivity index (χ3v) is 4.20. The molecule has 3 heteroatoms. The molecule has 1 aliphatic rings. The zero-order chi connectivity index (χ0) is 14.8. The number of carbonyl (C=O) groups excluding carboxylic acids is 1. The van der Waals surface area contributed by atoms with Gasteiger partial charge in [0.1, 0.15) is 0 Å². The van der Waals surface area contributed by atoms with E-state index in [1.165, 1.54) is 5.56 Å². The molecule has 0 aliphatic heterocycles. The zero-order valence-electron chi connectivity index (χ0n) is 12.2. The summed E-state index contributed by atoms with van der Waals surface area (Å²) in [6.07, 6.45) is 0.948. The highest BCUT2D eigenvalue weighted by Gasteiger charge is 2.45. The van der Waals surface area contributed by atoms with Gasteiger partial charge >= 0.3 is 0 Å². The van der Waals surface area contributed by atoms with Gasteiger partial charge in [0.15, 0.2) is 0 Å². The maximum absolute atomic E-state index is 12.6. The number of nitrogens with zero attached hydrogens (tertiary/aromatic N) is 1. The minimum atomic E-state index is 0.110. The zero-order valence-corrected chi connectivity index (χ0v) is 12.2. The van der Waals surface area contributed by atoms with Crippen LogP contribution in [0.2, 0.25) is 0 Å². The van der Waals surface area contributed by atoms with Gasteiger partial charge in [-0.05, 0) is 35.6 Å². The van der Waals surface area contributed by atoms with Crippen LogP contribution in [-0.4, -0.2) is 13.0 Å². The Bertz CT molecular complexity index is 639. The number of hydrogen-bond acceptors (Lipinski definition) is 2. The maximum Gasteiger partial charge on any atom is 0.230 e. The highest BCUT2D eigenvalue weighted by Crippen LogP contribution is 2.48. The Morgan fingerprint density at radius 2 is 1.95 bits per heavy atom. The van der Waals surface area contributed by atoms with E-state index in [9.17, 15) is 4.79 Å². The molecule has 0 bridgehead atoms. The van der Waals surface area contributed by atoms with E-state index in [1.807, 2.05) is 49.5 Å². The van der Waals surface area contributed by atoms with E-state index in [-0.39, 0.29) is 11.8 Å². The summed E-state index contributed by atoms with van der Waals surface area (Å²) in [5.74, 6) is 0.677. The van der Waals surface area contributed by atoms with Crippen LogP contribution in [0.1, 0.15) is 23.5 Å². The maximum atomic E-state index is 12.6. The molecule has 108 valence electrons. The van der Waals surface area contributed by atoms with Crippen LogP contribution < -0.4 is 10.6 Å². The molecule has 1 fully saturated rings. The number of amides is 1. The highest BCUT2D eigenvalue weighted by atomic mass is 16.2. The van der Waals surface area contributed by atoms with Crippen molar-refractivity contribution in [2.45, 2.75) is 18.9 Å². The molecule has 2 atom stereocenters. The average molecular weight is 280 g/mol. The summed E-state index contributed by atoms with van der Waals surface area (Å²) in [6, 6.07) is 18.1. The van der Waals surface area contributed by atoms with Crippen LogP contribution >= 0.6 is 0 Å². The number of benzene rings is 2. The van der Waals surface area contributed by atoms with E-state index in [1.54, 1.807) is 4.90 Å². The first-order valence-corrected chi connectivity index (χ1v) is 7.32. The van der Waals surface area contributed by atoms with Gasteiger partial charge in [-0.15, -0.1) is 0 Å². The Hall–Kier alpha value is -2.13. The second-order valence-electron chi connectivity index (χ2n) is 5.63. The van der Waals surface area contributed by atoms with Crippen molar-refractivity contribution in [1.29, 1.82) is 0 Å². The Kier molecular flexibility index (Phi) is 3.76. The molecule has 0 heterocycles. The molecule has 2 unspecified atom stereocenters. The van der Waals surface area contributed by atoms with Crippen molar-refractivity contribution in [3.63, 3.8) is 0 Å². The minimum absolute atomic E-state index is 0.110. The van der Waals surface area contributed by atoms with Gasteiger partial charge in [0.2, 0.25) is 5.91 Å². The van der Waals surface area contributed by atoms with Crippen LogP contribution in [0.3, 0.4) is 0 Å². The first kappa shape index (κ1) is 13.8. The SMILES string of the molecule is CN(C(=O)C1CC1c1ccccc1)c1cccc(CN)c1. The van der Waals surface area contributed by atoms with E-state index in [0.717, 1.165) is 17.7 Å². The van der Waals surface area contributed by atoms with E-state index in [4.69, 9.17) is 5.73 Å². The number of rotatable bonds is 4. The normalized spacial score (nSPS) is 20.1. The second kappa shape index (κ2) is 5.70. The van der Waals surface area contributed by atoms with Crippen molar-refractivity contribution in [3.8, 4) is 0 Å². The smallest absolute Gasteiger partial charge is 0.230 e. The lowest BCUT2D eigenvalue weighted by Gasteiger charge is -2.18. The van der Waals surface area contributed by atoms with Crippen molar-refractivity contribution in [2.24, 2.45) is 11.7 Å². The fourth-order valence-electron chi connectivity index (χ4n) is 2.80. The monoisotopic (exact) mass is 280 g/mol. The molecule has 1 aliphatic carbocycles. The van der Waals surface area contributed by atoms with Crippen LogP contribution in [0, 0.1) is 5.92 Å². The molecule has 1 saturated carbocycles. The van der Waals surface area contributed by atoms with Gasteiger partial charge in [-0.2, -0.15) is 0 Å². The van der Waals surface area contributed by atoms with Gasteiger partial charge in [0.05, 0.1) is 0 Å². The van der Waals surface area contributed by atoms with E-state index in [2.05, 4.69) is 12.1 Å². The second-order valence-corrected chi connectivity index (χ2v) is 5.63. The summed E-state index contributed by atoms with van der Waals surface area (Å²) in [7, 11) is 1.85. The predicted octanol–water partition coefficient (Wildman–Crippen LogP) is 2.91. The molecule has 0 spiro atoms. The number of hydrogen-bond donors (Lipinski definition) is 1. The minimum Gasteiger partial charge on any atom is -0.326 e. The Morgan fingerprint density at radius 3 is 2.67 bits per heavy atom. The van der Waals surface area contributed by atoms with Crippen molar-refractivity contribution in [2.75, 3.05) is 11.9 Å². The van der Waals surface area contributed by atoms with Crippen molar-refractivity contribution >= 4 is 11.6 Å². The summed E-state index contributed by atoms with van der Waals surface area (Å²) in [6.45, 7) is 0.492. The summed E-state index contributed by atoms with van der Waals surface area (Å²) in [5.41, 5.74) is 8.89. The third-order valence-electron chi connectivity index (χ3n) is 4.20. The molecule has 1 amide bonds. The topological polar surface area (TPSA) is 46.3 Å². The molecule has 0 aromatic heterocycles. The summed E-state index contributed by atoms with van der Waals surface area (Å²) in [5, 5.41) is 0. The lowest BCUT2D eigenvalue weighted by molar-refractivity contribution is -0.119. The number of carbonyl (C=O) groups is 1. The van der Waals surface area contributed by atoms with E-state index >= 15 is 0 Å². The van der Waals surface area contributed by atoms with Crippen molar-refractivity contribution in [1.82, 2.24) is 0 Å². The lowest BCUT2D eigenvalue weighted by Crippen LogP contribution is -2.28. The standard InChI is InChI=1S/C18H20N2O/c1-20(15-9-5-6-13(10-15)12-19)18(21)17-11-16(17)14-7-3-2-4-8-14/h2-10,16-17H,11-12,19H2,1H3. The van der Waals surface area contributed by atoms with Gasteiger partial charge in [0.25, 0.3) is 0 Å². The fraction of sp³-hybridized carbons (Fsp3) is 0.278. The Morgan fingerprint density at radius 1 is 1.19 bits per heavy atom. The third kappa shape index (κ3) is 2.83. The van der Waals surface area contributed by atoms with Gasteiger partial charge in [-0.3, -0.25) is 4.79 Å². The number of nitrogens with two attached hydrogens (primary N) is 1. The Labute approximate surface area is 125 Å². The molecule has 2 aromatic carbocycles. The lowest BCUT2D eigenvalue weighted by atomic mass is 10.1. The van der Waals surface area contributed by atoms with Crippen LogP contribution in [0.5, 0.6) is 0 Å². The van der Waals surface area contributed by atoms with Crippen molar-refractivity contribution in [3.05, 3.63) is 65.7 Å². The van der Waals surface area contributed by atoms with Crippen LogP contribution in [0.25, 0.3) is 0 Å². The molecule has 3 rings (SSSR count). The molecular formula is C18H20N2O. The average Bonchev–Trinajstić information content (AvgIpc) is 3.35. The molecule has 0 saturated heterocycles. The van der Waals surface area contributed by atoms with Gasteiger partial charge in [-0.25, -0.2) is 0 Å². The molecule has 3 nitrogen and oxygen atoms in total. The Balaban J connectivity index is 1.71. The first-order valence-electron chi connectivity index (χ1n) is 7.32. The fourth-order valence-corrected chi connectivity index (χ4v) is 2.80. The van der Waals surface area contributed by atoms with Crippen LogP contribution in [-0.2, 0) is 11.3 Å². The van der Waals surface area contributed by atoms with Crippen LogP contribution in [0.4, 0.5) is 5.69 Å². The van der Waals surface area contributed by atoms with Crippen LogP contribution in [0.15, 0.2) is 54.6 Å². The molecule has 0 radical (unpaired) electrons. The molecule has 21 heavy (non-hydrogen) atoms. The largest absolute Gasteiger partial charge is 0.326 e. The molecular weight excluding hydrogens is 260 g/mol. The first-order chi connectivity index (χ1) is 10.2. The highest BCUT2D eigenvalue weighted by molar-refractivity contribution is 5.97. The van der Waals surface area contributed by atoms with E-state index < -0.39 is 0 Å². The van der Waals surface area contributed by atoms with Gasteiger partial charge in [0, 0.05) is 25.2 Å². The molecule has 2 aromatic rings. The summed E-state index contributed by atoms with van der Waals surface area (Å²) >= 11 is 0. The molecule has 2 N–H and O–H groups in total. The quantitative estimate of drug-likeness (QED) is 0.936. The summed E-state index contributed by atoms with van der Waals surface area (Å²) in [4.78, 5) is 14.3.